The van der Waals surface area contributed by atoms with Crippen molar-refractivity contribution in [3.05, 3.63) is 71.1 Å². The number of benzene rings is 2. The minimum absolute atomic E-state index is 0.111. The van der Waals surface area contributed by atoms with Crippen molar-refractivity contribution in [2.24, 2.45) is 0 Å². The van der Waals surface area contributed by atoms with Gasteiger partial charge in [-0.2, -0.15) is 0 Å². The fourth-order valence-corrected chi connectivity index (χ4v) is 3.53. The highest BCUT2D eigenvalue weighted by molar-refractivity contribution is 7.99. The lowest BCUT2D eigenvalue weighted by molar-refractivity contribution is 0.102. The Balaban J connectivity index is 1.60. The fourth-order valence-electron chi connectivity index (χ4n) is 2.70. The number of carbonyl (C=O) groups is 1. The zero-order valence-corrected chi connectivity index (χ0v) is 17.4. The number of nitrogens with one attached hydrogen (secondary N) is 1. The second-order valence-corrected chi connectivity index (χ2v) is 8.87. The summed E-state index contributed by atoms with van der Waals surface area (Å²) in [6.45, 7) is 8.60. The van der Waals surface area contributed by atoms with Crippen molar-refractivity contribution < 1.29 is 9.21 Å². The second kappa shape index (κ2) is 9.06. The highest BCUT2D eigenvalue weighted by atomic mass is 32.2. The van der Waals surface area contributed by atoms with Gasteiger partial charge in [-0.25, -0.2) is 0 Å². The molecule has 0 saturated heterocycles. The largest absolute Gasteiger partial charge is 0.407 e. The molecule has 0 atom stereocenters. The van der Waals surface area contributed by atoms with Gasteiger partial charge in [-0.15, -0.1) is 16.9 Å². The Bertz CT molecular complexity index is 916. The summed E-state index contributed by atoms with van der Waals surface area (Å²) in [4.78, 5) is 13.5. The molecule has 0 fully saturated rings. The fraction of sp³-hybridized carbons (Fsp3) is 0.318. The van der Waals surface area contributed by atoms with E-state index in [1.807, 2.05) is 12.1 Å². The highest BCUT2D eigenvalue weighted by Gasteiger charge is 2.12. The van der Waals surface area contributed by atoms with Crippen molar-refractivity contribution >= 4 is 23.7 Å². The van der Waals surface area contributed by atoms with Gasteiger partial charge in [0.25, 0.3) is 5.91 Å². The molecule has 1 heterocycles. The Morgan fingerprint density at radius 2 is 1.68 bits per heavy atom. The van der Waals surface area contributed by atoms with E-state index in [1.165, 1.54) is 5.56 Å². The normalized spacial score (nSPS) is 11.2. The van der Waals surface area contributed by atoms with Crippen LogP contribution in [-0.2, 0) is 6.42 Å². The first-order valence-electron chi connectivity index (χ1n) is 9.40. The minimum atomic E-state index is -0.266. The number of aromatic nitrogens is 2. The molecule has 0 aliphatic rings. The van der Waals surface area contributed by atoms with Crippen LogP contribution in [0.4, 0.5) is 6.01 Å². The summed E-state index contributed by atoms with van der Waals surface area (Å²) >= 11 is 1.76. The molecule has 28 heavy (non-hydrogen) atoms. The molecule has 2 aromatic carbocycles. The van der Waals surface area contributed by atoms with Crippen LogP contribution in [0.25, 0.3) is 0 Å². The first kappa shape index (κ1) is 20.1. The number of nitrogens with zero attached hydrogens (tertiary/aromatic N) is 2. The van der Waals surface area contributed by atoms with Crippen molar-refractivity contribution in [1.82, 2.24) is 10.2 Å². The van der Waals surface area contributed by atoms with Gasteiger partial charge in [0.05, 0.1) is 6.42 Å². The molecule has 0 saturated carbocycles. The van der Waals surface area contributed by atoms with E-state index in [1.54, 1.807) is 23.9 Å². The molecule has 1 amide bonds. The van der Waals surface area contributed by atoms with E-state index in [0.717, 1.165) is 10.5 Å². The van der Waals surface area contributed by atoms with Gasteiger partial charge in [-0.05, 0) is 41.3 Å². The molecular formula is C22H25N3O2S. The first-order valence-corrected chi connectivity index (χ1v) is 10.3. The SMILES string of the molecule is CC(C)Sc1ccc(C(=O)Nc2nnc(Cc3ccc(C(C)C)cc3)o2)cc1. The molecule has 0 spiro atoms. The summed E-state index contributed by atoms with van der Waals surface area (Å²) in [5.41, 5.74) is 2.93. The number of hydrogen-bond acceptors (Lipinski definition) is 5. The number of rotatable bonds is 7. The van der Waals surface area contributed by atoms with Crippen LogP contribution in [0.2, 0.25) is 0 Å². The van der Waals surface area contributed by atoms with Crippen LogP contribution in [-0.4, -0.2) is 21.4 Å². The van der Waals surface area contributed by atoms with Gasteiger partial charge in [0.2, 0.25) is 5.89 Å². The lowest BCUT2D eigenvalue weighted by Gasteiger charge is -2.06. The van der Waals surface area contributed by atoms with Gasteiger partial charge in [-0.3, -0.25) is 10.1 Å². The van der Waals surface area contributed by atoms with Crippen LogP contribution >= 0.6 is 11.8 Å². The summed E-state index contributed by atoms with van der Waals surface area (Å²) < 4.78 is 5.58. The molecule has 3 aromatic rings. The van der Waals surface area contributed by atoms with Crippen molar-refractivity contribution in [2.45, 2.75) is 50.2 Å². The Morgan fingerprint density at radius 1 is 1.00 bits per heavy atom. The zero-order chi connectivity index (χ0) is 20.1. The van der Waals surface area contributed by atoms with E-state index in [4.69, 9.17) is 4.42 Å². The van der Waals surface area contributed by atoms with Crippen LogP contribution in [0, 0.1) is 0 Å². The van der Waals surface area contributed by atoms with Crippen LogP contribution in [0.5, 0.6) is 0 Å². The average Bonchev–Trinajstić information content (AvgIpc) is 3.09. The molecule has 0 bridgehead atoms. The second-order valence-electron chi connectivity index (χ2n) is 7.22. The van der Waals surface area contributed by atoms with Crippen molar-refractivity contribution in [3.63, 3.8) is 0 Å². The maximum Gasteiger partial charge on any atom is 0.322 e. The third-order valence-corrected chi connectivity index (χ3v) is 5.19. The number of thioether (sulfide) groups is 1. The minimum Gasteiger partial charge on any atom is -0.407 e. The molecule has 3 rings (SSSR count). The van der Waals surface area contributed by atoms with Gasteiger partial charge >= 0.3 is 6.01 Å². The number of anilines is 1. The number of carbonyl (C=O) groups excluding carboxylic acids is 1. The van der Waals surface area contributed by atoms with Crippen LogP contribution in [0.3, 0.4) is 0 Å². The third kappa shape index (κ3) is 5.45. The average molecular weight is 396 g/mol. The Kier molecular flexibility index (Phi) is 6.52. The molecular weight excluding hydrogens is 370 g/mol. The van der Waals surface area contributed by atoms with Crippen molar-refractivity contribution in [2.75, 3.05) is 5.32 Å². The van der Waals surface area contributed by atoms with E-state index in [2.05, 4.69) is 67.5 Å². The van der Waals surface area contributed by atoms with Gasteiger partial charge in [-0.1, -0.05) is 57.1 Å². The standard InChI is InChI=1S/C22H25N3O2S/c1-14(2)17-7-5-16(6-8-17)13-20-24-25-22(27-20)23-21(26)18-9-11-19(12-10-18)28-15(3)4/h5-12,14-15H,13H2,1-4H3,(H,23,25,26). The van der Waals surface area contributed by atoms with Crippen molar-refractivity contribution in [1.29, 1.82) is 0 Å². The van der Waals surface area contributed by atoms with Gasteiger partial charge in [0.15, 0.2) is 0 Å². The third-order valence-electron chi connectivity index (χ3n) is 4.18. The molecule has 5 nitrogen and oxygen atoms in total. The van der Waals surface area contributed by atoms with E-state index in [9.17, 15) is 4.79 Å². The monoisotopic (exact) mass is 395 g/mol. The summed E-state index contributed by atoms with van der Waals surface area (Å²) in [5.74, 6) is 0.700. The van der Waals surface area contributed by atoms with Crippen LogP contribution in [0.15, 0.2) is 57.8 Å². The molecule has 0 aliphatic heterocycles. The first-order chi connectivity index (χ1) is 13.4. The molecule has 0 unspecified atom stereocenters. The topological polar surface area (TPSA) is 68.0 Å². The maximum atomic E-state index is 12.4. The summed E-state index contributed by atoms with van der Waals surface area (Å²) in [6.07, 6.45) is 0.530. The Labute approximate surface area is 170 Å². The molecule has 0 aliphatic carbocycles. The van der Waals surface area contributed by atoms with Crippen LogP contribution in [0.1, 0.15) is 61.0 Å². The molecule has 1 aromatic heterocycles. The quantitative estimate of drug-likeness (QED) is 0.532. The lowest BCUT2D eigenvalue weighted by atomic mass is 10.0. The predicted molar refractivity (Wildman–Crippen MR) is 113 cm³/mol. The summed E-state index contributed by atoms with van der Waals surface area (Å²) in [5, 5.41) is 11.1. The molecule has 0 radical (unpaired) electrons. The summed E-state index contributed by atoms with van der Waals surface area (Å²) in [7, 11) is 0. The molecule has 146 valence electrons. The van der Waals surface area contributed by atoms with Crippen molar-refractivity contribution in [3.8, 4) is 0 Å². The van der Waals surface area contributed by atoms with Gasteiger partial charge in [0.1, 0.15) is 0 Å². The number of amides is 1. The van der Waals surface area contributed by atoms with E-state index >= 15 is 0 Å². The van der Waals surface area contributed by atoms with Gasteiger partial charge in [0, 0.05) is 15.7 Å². The predicted octanol–water partition coefficient (Wildman–Crippen LogP) is 5.54. The smallest absolute Gasteiger partial charge is 0.322 e. The van der Waals surface area contributed by atoms with E-state index in [0.29, 0.717) is 29.0 Å². The molecule has 1 N–H and O–H groups in total. The summed E-state index contributed by atoms with van der Waals surface area (Å²) in [6, 6.07) is 15.9. The van der Waals surface area contributed by atoms with E-state index < -0.39 is 0 Å². The maximum absolute atomic E-state index is 12.4. The lowest BCUT2D eigenvalue weighted by Crippen LogP contribution is -2.12. The Morgan fingerprint density at radius 3 is 2.29 bits per heavy atom. The zero-order valence-electron chi connectivity index (χ0n) is 16.6. The van der Waals surface area contributed by atoms with E-state index in [-0.39, 0.29) is 11.9 Å². The highest BCUT2D eigenvalue weighted by Crippen LogP contribution is 2.23. The van der Waals surface area contributed by atoms with Gasteiger partial charge < -0.3 is 4.42 Å². The van der Waals surface area contributed by atoms with Crippen LogP contribution < -0.4 is 5.32 Å². The molecule has 6 heteroatoms. The number of hydrogen-bond donors (Lipinski definition) is 1. The Hall–Kier alpha value is -2.60.